The van der Waals surface area contributed by atoms with Gasteiger partial charge >= 0.3 is 5.97 Å². The molecule has 1 saturated heterocycles. The summed E-state index contributed by atoms with van der Waals surface area (Å²) >= 11 is 0. The van der Waals surface area contributed by atoms with Crippen LogP contribution in [0.5, 0.6) is 0 Å². The van der Waals surface area contributed by atoms with Crippen LogP contribution in [0.1, 0.15) is 44.6 Å². The zero-order valence-electron chi connectivity index (χ0n) is 12.2. The monoisotopic (exact) mass is 297 g/mol. The first-order chi connectivity index (χ1) is 9.18. The second-order valence-corrected chi connectivity index (χ2v) is 5.43. The van der Waals surface area contributed by atoms with Gasteiger partial charge in [-0.05, 0) is 38.8 Å². The number of carbonyl (C=O) groups excluding carboxylic acids is 1. The number of hydrogen-bond acceptors (Lipinski definition) is 3. The molecule has 0 spiro atoms. The molecule has 4 heteroatoms. The molecule has 3 nitrogen and oxygen atoms in total. The summed E-state index contributed by atoms with van der Waals surface area (Å²) < 4.78 is 5.44. The topological polar surface area (TPSA) is 38.3 Å². The quantitative estimate of drug-likeness (QED) is 0.867. The highest BCUT2D eigenvalue weighted by Crippen LogP contribution is 2.27. The maximum atomic E-state index is 12.4. The fraction of sp³-hybridized carbons (Fsp3) is 0.562. The number of hydrogen-bond donors (Lipinski definition) is 1. The van der Waals surface area contributed by atoms with Crippen molar-refractivity contribution in [1.29, 1.82) is 0 Å². The van der Waals surface area contributed by atoms with Crippen molar-refractivity contribution < 1.29 is 9.53 Å². The predicted molar refractivity (Wildman–Crippen MR) is 83.3 cm³/mol. The number of benzene rings is 1. The zero-order valence-corrected chi connectivity index (χ0v) is 13.0. The van der Waals surface area contributed by atoms with E-state index in [1.807, 2.05) is 44.2 Å². The van der Waals surface area contributed by atoms with Crippen LogP contribution >= 0.6 is 12.4 Å². The molecule has 0 unspecified atom stereocenters. The number of ether oxygens (including phenoxy) is 1. The molecule has 0 radical (unpaired) electrons. The molecule has 2 rings (SSSR count). The Hall–Kier alpha value is -1.06. The molecule has 1 aromatic carbocycles. The number of esters is 1. The summed E-state index contributed by atoms with van der Waals surface area (Å²) in [5, 5.41) is 3.47. The zero-order chi connectivity index (χ0) is 13.7. The third kappa shape index (κ3) is 4.50. The van der Waals surface area contributed by atoms with E-state index in [1.165, 1.54) is 12.8 Å². The molecule has 0 saturated carbocycles. The number of nitrogens with one attached hydrogen (secondary N) is 1. The van der Waals surface area contributed by atoms with Gasteiger partial charge in [0.1, 0.15) is 0 Å². The van der Waals surface area contributed by atoms with E-state index in [4.69, 9.17) is 4.74 Å². The summed E-state index contributed by atoms with van der Waals surface area (Å²) in [6, 6.07) is 10.2. The first kappa shape index (κ1) is 17.0. The Morgan fingerprint density at radius 3 is 2.50 bits per heavy atom. The van der Waals surface area contributed by atoms with Crippen molar-refractivity contribution in [1.82, 2.24) is 5.32 Å². The van der Waals surface area contributed by atoms with Crippen molar-refractivity contribution in [3.63, 3.8) is 0 Å². The highest BCUT2D eigenvalue weighted by atomic mass is 35.5. The van der Waals surface area contributed by atoms with Crippen LogP contribution in [0.4, 0.5) is 0 Å². The van der Waals surface area contributed by atoms with Gasteiger partial charge in [0.25, 0.3) is 0 Å². The van der Waals surface area contributed by atoms with Gasteiger partial charge in [0.05, 0.1) is 12.0 Å². The summed E-state index contributed by atoms with van der Waals surface area (Å²) in [5.41, 5.74) is 1.05. The second-order valence-electron chi connectivity index (χ2n) is 5.43. The summed E-state index contributed by atoms with van der Waals surface area (Å²) in [4.78, 5) is 12.4. The maximum Gasteiger partial charge on any atom is 0.315 e. The van der Waals surface area contributed by atoms with E-state index in [-0.39, 0.29) is 36.4 Å². The molecule has 0 aliphatic carbocycles. The van der Waals surface area contributed by atoms with Crippen LogP contribution in [0.25, 0.3) is 0 Å². The highest BCUT2D eigenvalue weighted by molar-refractivity contribution is 5.85. The fourth-order valence-corrected chi connectivity index (χ4v) is 2.66. The molecule has 1 aliphatic heterocycles. The largest absolute Gasteiger partial charge is 0.462 e. The molecular weight excluding hydrogens is 274 g/mol. The van der Waals surface area contributed by atoms with E-state index in [1.54, 1.807) is 0 Å². The SMILES string of the molecule is CC(C)OC(=O)[C@H](c1ccccc1)[C@H]1CCCCN1.Cl. The number of carbonyl (C=O) groups is 1. The van der Waals surface area contributed by atoms with Crippen LogP contribution < -0.4 is 5.32 Å². The molecule has 1 heterocycles. The van der Waals surface area contributed by atoms with Crippen LogP contribution in [0.3, 0.4) is 0 Å². The van der Waals surface area contributed by atoms with Gasteiger partial charge < -0.3 is 10.1 Å². The van der Waals surface area contributed by atoms with Gasteiger partial charge in [0.2, 0.25) is 0 Å². The number of halogens is 1. The van der Waals surface area contributed by atoms with Crippen molar-refractivity contribution in [3.05, 3.63) is 35.9 Å². The Kier molecular flexibility index (Phi) is 7.03. The lowest BCUT2D eigenvalue weighted by molar-refractivity contribution is -0.150. The molecule has 1 aromatic rings. The highest BCUT2D eigenvalue weighted by Gasteiger charge is 2.32. The molecule has 112 valence electrons. The lowest BCUT2D eigenvalue weighted by Crippen LogP contribution is -2.42. The average molecular weight is 298 g/mol. The lowest BCUT2D eigenvalue weighted by Gasteiger charge is -2.30. The minimum Gasteiger partial charge on any atom is -0.462 e. The van der Waals surface area contributed by atoms with E-state index >= 15 is 0 Å². The van der Waals surface area contributed by atoms with Crippen molar-refractivity contribution in [2.75, 3.05) is 6.54 Å². The minimum absolute atomic E-state index is 0. The maximum absolute atomic E-state index is 12.4. The average Bonchev–Trinajstić information content (AvgIpc) is 2.40. The Bertz CT molecular complexity index is 402. The molecule has 2 atom stereocenters. The fourth-order valence-electron chi connectivity index (χ4n) is 2.66. The van der Waals surface area contributed by atoms with E-state index in [2.05, 4.69) is 5.32 Å². The molecule has 0 aromatic heterocycles. The van der Waals surface area contributed by atoms with Crippen molar-refractivity contribution >= 4 is 18.4 Å². The van der Waals surface area contributed by atoms with E-state index in [0.29, 0.717) is 0 Å². The predicted octanol–water partition coefficient (Wildman–Crippen LogP) is 3.29. The first-order valence-electron chi connectivity index (χ1n) is 7.17. The van der Waals surface area contributed by atoms with E-state index in [9.17, 15) is 4.79 Å². The molecule has 20 heavy (non-hydrogen) atoms. The Balaban J connectivity index is 0.00000200. The van der Waals surface area contributed by atoms with Gasteiger partial charge in [0.15, 0.2) is 0 Å². The van der Waals surface area contributed by atoms with Gasteiger partial charge in [-0.15, -0.1) is 12.4 Å². The smallest absolute Gasteiger partial charge is 0.315 e. The third-order valence-corrected chi connectivity index (χ3v) is 3.52. The molecular formula is C16H24ClNO2. The van der Waals surface area contributed by atoms with Crippen molar-refractivity contribution in [2.45, 2.75) is 51.2 Å². The van der Waals surface area contributed by atoms with E-state index in [0.717, 1.165) is 18.5 Å². The lowest BCUT2D eigenvalue weighted by atomic mass is 9.86. The molecule has 0 bridgehead atoms. The van der Waals surface area contributed by atoms with Gasteiger partial charge in [-0.3, -0.25) is 4.79 Å². The van der Waals surface area contributed by atoms with Gasteiger partial charge in [-0.1, -0.05) is 36.8 Å². The second kappa shape index (κ2) is 8.28. The molecule has 1 N–H and O–H groups in total. The summed E-state index contributed by atoms with van der Waals surface area (Å²) in [5.74, 6) is -0.301. The number of rotatable bonds is 4. The summed E-state index contributed by atoms with van der Waals surface area (Å²) in [7, 11) is 0. The normalized spacial score (nSPS) is 20.1. The first-order valence-corrected chi connectivity index (χ1v) is 7.17. The number of piperidine rings is 1. The molecule has 1 aliphatic rings. The molecule has 0 amide bonds. The van der Waals surface area contributed by atoms with E-state index < -0.39 is 0 Å². The van der Waals surface area contributed by atoms with Crippen molar-refractivity contribution in [3.8, 4) is 0 Å². The van der Waals surface area contributed by atoms with Crippen LogP contribution in [0, 0.1) is 0 Å². The summed E-state index contributed by atoms with van der Waals surface area (Å²) in [6.07, 6.45) is 3.34. The molecule has 1 fully saturated rings. The third-order valence-electron chi connectivity index (χ3n) is 3.52. The Morgan fingerprint density at radius 2 is 1.95 bits per heavy atom. The van der Waals surface area contributed by atoms with Gasteiger partial charge in [-0.2, -0.15) is 0 Å². The van der Waals surface area contributed by atoms with Gasteiger partial charge in [0, 0.05) is 6.04 Å². The van der Waals surface area contributed by atoms with Crippen molar-refractivity contribution in [2.24, 2.45) is 0 Å². The van der Waals surface area contributed by atoms with Crippen LogP contribution in [-0.4, -0.2) is 24.7 Å². The van der Waals surface area contributed by atoms with Crippen LogP contribution in [0.15, 0.2) is 30.3 Å². The Morgan fingerprint density at radius 1 is 1.25 bits per heavy atom. The van der Waals surface area contributed by atoms with Gasteiger partial charge in [-0.25, -0.2) is 0 Å². The van der Waals surface area contributed by atoms with Crippen LogP contribution in [-0.2, 0) is 9.53 Å². The standard InChI is InChI=1S/C16H23NO2.ClH/c1-12(2)19-16(18)15(13-8-4-3-5-9-13)14-10-6-7-11-17-14;/h3-5,8-9,12,14-15,17H,6-7,10-11H2,1-2H3;1H/t14-,15-;/m1./s1. The summed E-state index contributed by atoms with van der Waals surface area (Å²) in [6.45, 7) is 4.78. The van der Waals surface area contributed by atoms with Crippen LogP contribution in [0.2, 0.25) is 0 Å². The minimum atomic E-state index is -0.191. The Labute approximate surface area is 127 Å².